The number of likely N-dealkylation sites (N-methyl/N-ethyl adjacent to an activating group) is 1. The SMILES string of the molecule is CC(C)CN(CCC#N)CCN(C)C. The quantitative estimate of drug-likeness (QED) is 0.618. The normalized spacial score (nSPS) is 11.3. The second-order valence-electron chi connectivity index (χ2n) is 4.41. The van der Waals surface area contributed by atoms with Crippen molar-refractivity contribution in [3.63, 3.8) is 0 Å². The van der Waals surface area contributed by atoms with E-state index in [1.54, 1.807) is 0 Å². The zero-order chi connectivity index (χ0) is 11.0. The van der Waals surface area contributed by atoms with Gasteiger partial charge in [0.1, 0.15) is 0 Å². The topological polar surface area (TPSA) is 30.3 Å². The van der Waals surface area contributed by atoms with Crippen molar-refractivity contribution >= 4 is 0 Å². The van der Waals surface area contributed by atoms with Crippen LogP contribution in [0.2, 0.25) is 0 Å². The Morgan fingerprint density at radius 2 is 1.79 bits per heavy atom. The molecule has 0 aliphatic rings. The van der Waals surface area contributed by atoms with Crippen molar-refractivity contribution < 1.29 is 0 Å². The zero-order valence-electron chi connectivity index (χ0n) is 9.95. The summed E-state index contributed by atoms with van der Waals surface area (Å²) < 4.78 is 0. The molecule has 0 aromatic heterocycles. The van der Waals surface area contributed by atoms with E-state index in [0.717, 1.165) is 26.2 Å². The summed E-state index contributed by atoms with van der Waals surface area (Å²) in [5, 5.41) is 8.54. The fourth-order valence-corrected chi connectivity index (χ4v) is 1.36. The van der Waals surface area contributed by atoms with Gasteiger partial charge in [-0.05, 0) is 20.0 Å². The van der Waals surface area contributed by atoms with Gasteiger partial charge in [0.2, 0.25) is 0 Å². The van der Waals surface area contributed by atoms with Gasteiger partial charge in [-0.1, -0.05) is 13.8 Å². The lowest BCUT2D eigenvalue weighted by Gasteiger charge is -2.24. The van der Waals surface area contributed by atoms with Crippen LogP contribution in [0.25, 0.3) is 0 Å². The van der Waals surface area contributed by atoms with E-state index in [2.05, 4.69) is 43.8 Å². The van der Waals surface area contributed by atoms with Crippen molar-refractivity contribution in [1.82, 2.24) is 9.80 Å². The monoisotopic (exact) mass is 197 g/mol. The number of nitriles is 1. The van der Waals surface area contributed by atoms with Crippen LogP contribution in [0.15, 0.2) is 0 Å². The molecule has 82 valence electrons. The van der Waals surface area contributed by atoms with Crippen LogP contribution >= 0.6 is 0 Å². The maximum absolute atomic E-state index is 8.54. The Kier molecular flexibility index (Phi) is 7.45. The summed E-state index contributed by atoms with van der Waals surface area (Å²) in [5.74, 6) is 0.677. The van der Waals surface area contributed by atoms with Crippen molar-refractivity contribution in [3.05, 3.63) is 0 Å². The standard InChI is InChI=1S/C11H23N3/c1-11(2)10-14(7-5-6-12)9-8-13(3)4/h11H,5,7-10H2,1-4H3. The zero-order valence-corrected chi connectivity index (χ0v) is 9.95. The molecular weight excluding hydrogens is 174 g/mol. The first-order chi connectivity index (χ1) is 6.56. The highest BCUT2D eigenvalue weighted by Gasteiger charge is 2.06. The molecule has 0 fully saturated rings. The Morgan fingerprint density at radius 3 is 2.21 bits per heavy atom. The fraction of sp³-hybridized carbons (Fsp3) is 0.909. The summed E-state index contributed by atoms with van der Waals surface area (Å²) in [6.45, 7) is 8.56. The third-order valence-electron chi connectivity index (χ3n) is 2.03. The second-order valence-corrected chi connectivity index (χ2v) is 4.41. The Bertz CT molecular complexity index is 170. The summed E-state index contributed by atoms with van der Waals surface area (Å²) in [7, 11) is 4.16. The molecule has 0 aromatic carbocycles. The summed E-state index contributed by atoms with van der Waals surface area (Å²) in [6, 6.07) is 2.20. The maximum atomic E-state index is 8.54. The molecule has 14 heavy (non-hydrogen) atoms. The third kappa shape index (κ3) is 8.03. The van der Waals surface area contributed by atoms with Crippen LogP contribution in [-0.4, -0.2) is 50.1 Å². The van der Waals surface area contributed by atoms with Crippen molar-refractivity contribution in [1.29, 1.82) is 5.26 Å². The maximum Gasteiger partial charge on any atom is 0.0635 e. The van der Waals surface area contributed by atoms with E-state index in [-0.39, 0.29) is 0 Å². The summed E-state index contributed by atoms with van der Waals surface area (Å²) in [4.78, 5) is 4.55. The molecule has 0 radical (unpaired) electrons. The van der Waals surface area contributed by atoms with Crippen LogP contribution in [-0.2, 0) is 0 Å². The molecule has 0 saturated heterocycles. The summed E-state index contributed by atoms with van der Waals surface area (Å²) in [5.41, 5.74) is 0. The van der Waals surface area contributed by atoms with Crippen molar-refractivity contribution in [2.45, 2.75) is 20.3 Å². The average Bonchev–Trinajstić information content (AvgIpc) is 2.09. The number of nitrogens with zero attached hydrogens (tertiary/aromatic N) is 3. The molecule has 0 bridgehead atoms. The predicted molar refractivity (Wildman–Crippen MR) is 60.1 cm³/mol. The van der Waals surface area contributed by atoms with Crippen LogP contribution in [0, 0.1) is 17.2 Å². The first-order valence-electron chi connectivity index (χ1n) is 5.30. The lowest BCUT2D eigenvalue weighted by molar-refractivity contribution is 0.223. The molecule has 0 aliphatic carbocycles. The fourth-order valence-electron chi connectivity index (χ4n) is 1.36. The van der Waals surface area contributed by atoms with Crippen LogP contribution < -0.4 is 0 Å². The highest BCUT2D eigenvalue weighted by atomic mass is 15.2. The van der Waals surface area contributed by atoms with Gasteiger partial charge in [-0.3, -0.25) is 0 Å². The molecule has 0 rings (SSSR count). The van der Waals surface area contributed by atoms with Crippen LogP contribution in [0.5, 0.6) is 0 Å². The number of rotatable bonds is 7. The van der Waals surface area contributed by atoms with E-state index in [4.69, 9.17) is 5.26 Å². The van der Waals surface area contributed by atoms with E-state index in [1.807, 2.05) is 0 Å². The van der Waals surface area contributed by atoms with Crippen molar-refractivity contribution in [2.24, 2.45) is 5.92 Å². The van der Waals surface area contributed by atoms with Crippen molar-refractivity contribution in [3.8, 4) is 6.07 Å². The van der Waals surface area contributed by atoms with Gasteiger partial charge in [-0.15, -0.1) is 0 Å². The Balaban J connectivity index is 3.79. The molecule has 0 aromatic rings. The van der Waals surface area contributed by atoms with E-state index < -0.39 is 0 Å². The Hall–Kier alpha value is -0.590. The molecule has 0 N–H and O–H groups in total. The van der Waals surface area contributed by atoms with Gasteiger partial charge < -0.3 is 9.80 Å². The van der Waals surface area contributed by atoms with Gasteiger partial charge >= 0.3 is 0 Å². The number of hydrogen-bond donors (Lipinski definition) is 0. The molecule has 3 heteroatoms. The van der Waals surface area contributed by atoms with Gasteiger partial charge in [0.05, 0.1) is 6.07 Å². The van der Waals surface area contributed by atoms with E-state index in [0.29, 0.717) is 12.3 Å². The molecule has 0 aliphatic heterocycles. The lowest BCUT2D eigenvalue weighted by atomic mass is 10.2. The molecule has 0 amide bonds. The minimum Gasteiger partial charge on any atom is -0.308 e. The van der Waals surface area contributed by atoms with E-state index in [9.17, 15) is 0 Å². The molecule has 0 atom stereocenters. The van der Waals surface area contributed by atoms with Crippen LogP contribution in [0.1, 0.15) is 20.3 Å². The Labute approximate surface area is 88.3 Å². The molecule has 0 heterocycles. The average molecular weight is 197 g/mol. The summed E-state index contributed by atoms with van der Waals surface area (Å²) in [6.07, 6.45) is 0.639. The van der Waals surface area contributed by atoms with Gasteiger partial charge in [-0.2, -0.15) is 5.26 Å². The third-order valence-corrected chi connectivity index (χ3v) is 2.03. The Morgan fingerprint density at radius 1 is 1.14 bits per heavy atom. The first-order valence-corrected chi connectivity index (χ1v) is 5.30. The van der Waals surface area contributed by atoms with Crippen LogP contribution in [0.3, 0.4) is 0 Å². The van der Waals surface area contributed by atoms with Gasteiger partial charge in [-0.25, -0.2) is 0 Å². The molecule has 0 spiro atoms. The molecular formula is C11H23N3. The van der Waals surface area contributed by atoms with Gasteiger partial charge in [0.15, 0.2) is 0 Å². The minimum atomic E-state index is 0.639. The second kappa shape index (κ2) is 7.78. The lowest BCUT2D eigenvalue weighted by Crippen LogP contribution is -2.34. The largest absolute Gasteiger partial charge is 0.308 e. The highest BCUT2D eigenvalue weighted by Crippen LogP contribution is 1.99. The highest BCUT2D eigenvalue weighted by molar-refractivity contribution is 4.73. The van der Waals surface area contributed by atoms with Crippen molar-refractivity contribution in [2.75, 3.05) is 40.3 Å². The van der Waals surface area contributed by atoms with E-state index in [1.165, 1.54) is 0 Å². The minimum absolute atomic E-state index is 0.639. The molecule has 3 nitrogen and oxygen atoms in total. The van der Waals surface area contributed by atoms with E-state index >= 15 is 0 Å². The predicted octanol–water partition coefficient (Wildman–Crippen LogP) is 1.42. The molecule has 0 saturated carbocycles. The smallest absolute Gasteiger partial charge is 0.0635 e. The molecule has 0 unspecified atom stereocenters. The van der Waals surface area contributed by atoms with Gasteiger partial charge in [0.25, 0.3) is 0 Å². The van der Waals surface area contributed by atoms with Gasteiger partial charge in [0, 0.05) is 32.6 Å². The summed E-state index contributed by atoms with van der Waals surface area (Å²) >= 11 is 0. The first kappa shape index (κ1) is 13.4. The van der Waals surface area contributed by atoms with Crippen LogP contribution in [0.4, 0.5) is 0 Å². The number of hydrogen-bond acceptors (Lipinski definition) is 3.